The van der Waals surface area contributed by atoms with E-state index in [1.54, 1.807) is 61.7 Å². The molecule has 0 aliphatic rings. The maximum Gasteiger partial charge on any atom is 0.264 e. The van der Waals surface area contributed by atoms with Crippen LogP contribution < -0.4 is 19.1 Å². The molecule has 5 aromatic carbocycles. The van der Waals surface area contributed by atoms with Gasteiger partial charge in [0.2, 0.25) is 11.8 Å². The number of benzene rings is 5. The van der Waals surface area contributed by atoms with Gasteiger partial charge in [-0.15, -0.1) is 0 Å². The summed E-state index contributed by atoms with van der Waals surface area (Å²) in [7, 11) is -2.68. The van der Waals surface area contributed by atoms with Gasteiger partial charge < -0.3 is 19.7 Å². The summed E-state index contributed by atoms with van der Waals surface area (Å²) in [6, 6.07) is 39.2. The number of para-hydroxylation sites is 1. The number of anilines is 1. The molecule has 0 aromatic heterocycles. The highest BCUT2D eigenvalue weighted by Crippen LogP contribution is 2.29. The van der Waals surface area contributed by atoms with E-state index in [1.807, 2.05) is 86.6 Å². The SMILES string of the molecule is COc1cccc(CN(C(=O)CN(c2ccc(Oc3ccccc3)cc2)S(=O)(=O)c2ccccc2)[C@H](Cc2ccccc2)C(=O)NC(C)C)c1. The van der Waals surface area contributed by atoms with Crippen molar-refractivity contribution in [2.75, 3.05) is 18.0 Å². The fourth-order valence-corrected chi connectivity index (χ4v) is 6.89. The van der Waals surface area contributed by atoms with Crippen LogP contribution in [0.3, 0.4) is 0 Å². The highest BCUT2D eigenvalue weighted by molar-refractivity contribution is 7.92. The zero-order chi connectivity index (χ0) is 35.5. The first kappa shape index (κ1) is 35.7. The van der Waals surface area contributed by atoms with Crippen molar-refractivity contribution in [3.63, 3.8) is 0 Å². The average Bonchev–Trinajstić information content (AvgIpc) is 3.13. The lowest BCUT2D eigenvalue weighted by Crippen LogP contribution is -2.54. The molecule has 0 saturated carbocycles. The molecule has 5 rings (SSSR count). The van der Waals surface area contributed by atoms with Crippen LogP contribution in [-0.4, -0.2) is 50.9 Å². The van der Waals surface area contributed by atoms with E-state index in [0.717, 1.165) is 9.87 Å². The number of nitrogens with one attached hydrogen (secondary N) is 1. The van der Waals surface area contributed by atoms with Crippen molar-refractivity contribution in [3.8, 4) is 17.2 Å². The van der Waals surface area contributed by atoms with E-state index in [9.17, 15) is 18.0 Å². The molecular weight excluding hydrogens is 651 g/mol. The second-order valence-corrected chi connectivity index (χ2v) is 13.8. The first-order chi connectivity index (χ1) is 24.1. The topological polar surface area (TPSA) is 105 Å². The minimum absolute atomic E-state index is 0.0233. The number of hydrogen-bond donors (Lipinski definition) is 1. The molecular formula is C40H41N3O6S. The lowest BCUT2D eigenvalue weighted by Gasteiger charge is -2.34. The zero-order valence-electron chi connectivity index (χ0n) is 28.3. The summed E-state index contributed by atoms with van der Waals surface area (Å²) < 4.78 is 41.0. The Morgan fingerprint density at radius 2 is 1.26 bits per heavy atom. The third-order valence-corrected chi connectivity index (χ3v) is 9.69. The van der Waals surface area contributed by atoms with Crippen LogP contribution in [-0.2, 0) is 32.6 Å². The van der Waals surface area contributed by atoms with Gasteiger partial charge in [0.1, 0.15) is 29.8 Å². The van der Waals surface area contributed by atoms with E-state index in [2.05, 4.69) is 5.32 Å². The van der Waals surface area contributed by atoms with Crippen LogP contribution in [0, 0.1) is 0 Å². The molecule has 10 heteroatoms. The molecule has 1 atom stereocenters. The number of sulfonamides is 1. The zero-order valence-corrected chi connectivity index (χ0v) is 29.1. The number of nitrogens with zero attached hydrogens (tertiary/aromatic N) is 2. The molecule has 0 radical (unpaired) electrons. The first-order valence-electron chi connectivity index (χ1n) is 16.3. The Hall–Kier alpha value is -5.61. The van der Waals surface area contributed by atoms with Crippen molar-refractivity contribution in [1.82, 2.24) is 10.2 Å². The Kier molecular flexibility index (Phi) is 11.9. The average molecular weight is 692 g/mol. The van der Waals surface area contributed by atoms with Crippen molar-refractivity contribution in [1.29, 1.82) is 0 Å². The van der Waals surface area contributed by atoms with E-state index in [4.69, 9.17) is 9.47 Å². The van der Waals surface area contributed by atoms with Crippen molar-refractivity contribution >= 4 is 27.5 Å². The van der Waals surface area contributed by atoms with E-state index in [1.165, 1.54) is 17.0 Å². The van der Waals surface area contributed by atoms with Crippen LogP contribution in [0.1, 0.15) is 25.0 Å². The third kappa shape index (κ3) is 9.29. The van der Waals surface area contributed by atoms with Crippen molar-refractivity contribution in [2.24, 2.45) is 0 Å². The molecule has 1 N–H and O–H groups in total. The van der Waals surface area contributed by atoms with Gasteiger partial charge in [0.15, 0.2) is 0 Å². The Bertz CT molecular complexity index is 1960. The number of hydrogen-bond acceptors (Lipinski definition) is 6. The Balaban J connectivity index is 1.56. The maximum absolute atomic E-state index is 14.7. The minimum atomic E-state index is -4.24. The van der Waals surface area contributed by atoms with Gasteiger partial charge in [0, 0.05) is 19.0 Å². The predicted molar refractivity (Wildman–Crippen MR) is 195 cm³/mol. The predicted octanol–water partition coefficient (Wildman–Crippen LogP) is 6.85. The molecule has 0 spiro atoms. The minimum Gasteiger partial charge on any atom is -0.497 e. The van der Waals surface area contributed by atoms with E-state index in [-0.39, 0.29) is 35.5 Å². The first-order valence-corrected chi connectivity index (χ1v) is 17.8. The molecule has 0 heterocycles. The van der Waals surface area contributed by atoms with Crippen LogP contribution in [0.5, 0.6) is 17.2 Å². The van der Waals surface area contributed by atoms with E-state index >= 15 is 0 Å². The monoisotopic (exact) mass is 691 g/mol. The van der Waals surface area contributed by atoms with Gasteiger partial charge in [-0.1, -0.05) is 78.9 Å². The van der Waals surface area contributed by atoms with Gasteiger partial charge >= 0.3 is 0 Å². The van der Waals surface area contributed by atoms with Gasteiger partial charge in [-0.3, -0.25) is 13.9 Å². The Morgan fingerprint density at radius 1 is 0.700 bits per heavy atom. The Morgan fingerprint density at radius 3 is 1.88 bits per heavy atom. The standard InChI is InChI=1S/C40H41N3O6S/c1-30(2)41-40(45)38(27-31-14-7-4-8-15-31)42(28-32-16-13-19-36(26-32)48-3)39(44)29-43(50(46,47)37-20-11-6-12-21-37)33-22-24-35(25-23-33)49-34-17-9-5-10-18-34/h4-26,30,38H,27-29H2,1-3H3,(H,41,45)/t38-/m1/s1. The number of carbonyl (C=O) groups excluding carboxylic acids is 2. The molecule has 5 aromatic rings. The molecule has 9 nitrogen and oxygen atoms in total. The van der Waals surface area contributed by atoms with Crippen molar-refractivity contribution < 1.29 is 27.5 Å². The van der Waals surface area contributed by atoms with Crippen LogP contribution in [0.15, 0.2) is 144 Å². The number of carbonyl (C=O) groups is 2. The highest BCUT2D eigenvalue weighted by atomic mass is 32.2. The molecule has 258 valence electrons. The largest absolute Gasteiger partial charge is 0.497 e. The summed E-state index contributed by atoms with van der Waals surface area (Å²) in [4.78, 5) is 30.1. The van der Waals surface area contributed by atoms with Crippen LogP contribution in [0.2, 0.25) is 0 Å². The normalized spacial score (nSPS) is 11.8. The van der Waals surface area contributed by atoms with Gasteiger partial charge in [-0.25, -0.2) is 8.42 Å². The second-order valence-electron chi connectivity index (χ2n) is 12.0. The molecule has 0 aliphatic carbocycles. The van der Waals surface area contributed by atoms with Gasteiger partial charge in [0.25, 0.3) is 10.0 Å². The van der Waals surface area contributed by atoms with Crippen LogP contribution in [0.25, 0.3) is 0 Å². The number of methoxy groups -OCH3 is 1. The summed E-state index contributed by atoms with van der Waals surface area (Å²) in [5.41, 5.74) is 1.82. The highest BCUT2D eigenvalue weighted by Gasteiger charge is 2.35. The fourth-order valence-electron chi connectivity index (χ4n) is 5.46. The molecule has 0 unspecified atom stereocenters. The van der Waals surface area contributed by atoms with Gasteiger partial charge in [-0.05, 0) is 85.6 Å². The van der Waals surface area contributed by atoms with E-state index < -0.39 is 28.5 Å². The van der Waals surface area contributed by atoms with Gasteiger partial charge in [-0.2, -0.15) is 0 Å². The van der Waals surface area contributed by atoms with E-state index in [0.29, 0.717) is 22.8 Å². The van der Waals surface area contributed by atoms with Crippen LogP contribution >= 0.6 is 0 Å². The molecule has 50 heavy (non-hydrogen) atoms. The number of rotatable bonds is 15. The summed E-state index contributed by atoms with van der Waals surface area (Å²) >= 11 is 0. The van der Waals surface area contributed by atoms with Gasteiger partial charge in [0.05, 0.1) is 17.7 Å². The number of amides is 2. The summed E-state index contributed by atoms with van der Waals surface area (Å²) in [6.07, 6.45) is 0.214. The summed E-state index contributed by atoms with van der Waals surface area (Å²) in [5, 5.41) is 2.97. The lowest BCUT2D eigenvalue weighted by atomic mass is 10.0. The van der Waals surface area contributed by atoms with Crippen molar-refractivity contribution in [2.45, 2.75) is 43.8 Å². The van der Waals surface area contributed by atoms with Crippen LogP contribution in [0.4, 0.5) is 5.69 Å². The molecule has 0 saturated heterocycles. The van der Waals surface area contributed by atoms with Crippen molar-refractivity contribution in [3.05, 3.63) is 151 Å². The maximum atomic E-state index is 14.7. The summed E-state index contributed by atoms with van der Waals surface area (Å²) in [5.74, 6) is 0.807. The smallest absolute Gasteiger partial charge is 0.264 e. The second kappa shape index (κ2) is 16.7. The fraction of sp³-hybridized carbons (Fsp3) is 0.200. The Labute approximate surface area is 294 Å². The number of ether oxygens (including phenoxy) is 2. The molecule has 0 aliphatic heterocycles. The molecule has 0 bridgehead atoms. The summed E-state index contributed by atoms with van der Waals surface area (Å²) in [6.45, 7) is 3.17. The molecule has 2 amide bonds. The lowest BCUT2D eigenvalue weighted by molar-refractivity contribution is -0.140. The third-order valence-electron chi connectivity index (χ3n) is 7.90. The molecule has 0 fully saturated rings. The quantitative estimate of drug-likeness (QED) is 0.129.